The number of hydrogen-bond acceptors (Lipinski definition) is 5. The molecule has 3 rings (SSSR count). The zero-order valence-corrected chi connectivity index (χ0v) is 14.1. The minimum atomic E-state index is -0.318. The topological polar surface area (TPSA) is 52.3 Å². The number of carbonyl (C=O) groups excluding carboxylic acids is 1. The van der Waals surface area contributed by atoms with Crippen molar-refractivity contribution < 1.29 is 9.53 Å². The summed E-state index contributed by atoms with van der Waals surface area (Å²) in [6.07, 6.45) is 4.23. The van der Waals surface area contributed by atoms with Gasteiger partial charge in [0.15, 0.2) is 4.77 Å². The quantitative estimate of drug-likeness (QED) is 0.601. The van der Waals surface area contributed by atoms with Gasteiger partial charge in [-0.1, -0.05) is 12.1 Å². The summed E-state index contributed by atoms with van der Waals surface area (Å²) in [5.41, 5.74) is 1.68. The Morgan fingerprint density at radius 3 is 2.70 bits per heavy atom. The van der Waals surface area contributed by atoms with Crippen LogP contribution in [0.2, 0.25) is 0 Å². The number of ether oxygens (including phenoxy) is 1. The minimum absolute atomic E-state index is 0.318. The molecule has 0 N–H and O–H groups in total. The van der Waals surface area contributed by atoms with Crippen LogP contribution in [-0.4, -0.2) is 39.4 Å². The molecule has 1 heterocycles. The van der Waals surface area contributed by atoms with Crippen LogP contribution in [0.25, 0.3) is 0 Å². The molecule has 0 radical (unpaired) electrons. The summed E-state index contributed by atoms with van der Waals surface area (Å²) in [6, 6.07) is 7.98. The Bertz CT molecular complexity index is 746. The van der Waals surface area contributed by atoms with Gasteiger partial charge in [0.05, 0.1) is 19.3 Å². The van der Waals surface area contributed by atoms with Crippen molar-refractivity contribution in [2.24, 2.45) is 0 Å². The lowest BCUT2D eigenvalue weighted by Crippen LogP contribution is -2.22. The van der Waals surface area contributed by atoms with E-state index in [0.717, 1.165) is 16.9 Å². The number of carbonyl (C=O) groups is 1. The van der Waals surface area contributed by atoms with Crippen LogP contribution in [-0.2, 0) is 18.0 Å². The Morgan fingerprint density at radius 2 is 2.09 bits per heavy atom. The molecule has 0 spiro atoms. The highest BCUT2D eigenvalue weighted by Crippen LogP contribution is 2.34. The first kappa shape index (κ1) is 15.9. The molecule has 0 unspecified atom stereocenters. The normalized spacial score (nSPS) is 14.2. The van der Waals surface area contributed by atoms with E-state index in [-0.39, 0.29) is 5.97 Å². The van der Waals surface area contributed by atoms with Crippen LogP contribution in [0.3, 0.4) is 0 Å². The summed E-state index contributed by atoms with van der Waals surface area (Å²) in [5, 5.41) is 4.38. The highest BCUT2D eigenvalue weighted by molar-refractivity contribution is 7.71. The van der Waals surface area contributed by atoms with Crippen LogP contribution >= 0.6 is 12.2 Å². The van der Waals surface area contributed by atoms with Gasteiger partial charge in [0.25, 0.3) is 0 Å². The van der Waals surface area contributed by atoms with E-state index in [0.29, 0.717) is 18.3 Å². The Hall–Kier alpha value is -1.99. The van der Waals surface area contributed by atoms with Crippen molar-refractivity contribution in [3.8, 4) is 0 Å². The molecular formula is C16H20N4O2S. The molecule has 1 aliphatic carbocycles. The summed E-state index contributed by atoms with van der Waals surface area (Å²) in [4.78, 5) is 13.6. The molecule has 1 aromatic heterocycles. The molecule has 7 heteroatoms. The standard InChI is InChI=1S/C16H20N4O2S/c1-18(9-12-3-5-13(6-4-12)15(21)22-2)11-20-16(23)19(10-17-20)14-7-8-14/h3-6,10,14H,7-9,11H2,1-2H3. The molecule has 6 nitrogen and oxygen atoms in total. The predicted octanol–water partition coefficient (Wildman–Crippen LogP) is 2.63. The average Bonchev–Trinajstić information content (AvgIpc) is 3.33. The number of esters is 1. The molecule has 122 valence electrons. The zero-order valence-electron chi connectivity index (χ0n) is 13.3. The molecule has 23 heavy (non-hydrogen) atoms. The first-order valence-corrected chi connectivity index (χ1v) is 7.99. The summed E-state index contributed by atoms with van der Waals surface area (Å²) >= 11 is 5.47. The van der Waals surface area contributed by atoms with Gasteiger partial charge in [-0.2, -0.15) is 5.10 Å². The predicted molar refractivity (Wildman–Crippen MR) is 88.6 cm³/mol. The lowest BCUT2D eigenvalue weighted by molar-refractivity contribution is 0.0600. The fourth-order valence-corrected chi connectivity index (χ4v) is 2.81. The maximum absolute atomic E-state index is 11.4. The van der Waals surface area contributed by atoms with E-state index < -0.39 is 0 Å². The molecule has 0 bridgehead atoms. The van der Waals surface area contributed by atoms with Gasteiger partial charge in [-0.05, 0) is 49.8 Å². The maximum atomic E-state index is 11.4. The third kappa shape index (κ3) is 3.68. The van der Waals surface area contributed by atoms with E-state index in [9.17, 15) is 4.79 Å². The number of rotatable bonds is 6. The van der Waals surface area contributed by atoms with E-state index >= 15 is 0 Å². The van der Waals surface area contributed by atoms with Crippen molar-refractivity contribution in [1.82, 2.24) is 19.2 Å². The molecule has 1 aliphatic rings. The number of methoxy groups -OCH3 is 1. The van der Waals surface area contributed by atoms with E-state index in [1.165, 1.54) is 20.0 Å². The van der Waals surface area contributed by atoms with E-state index in [4.69, 9.17) is 17.0 Å². The second-order valence-electron chi connectivity index (χ2n) is 5.90. The number of aromatic nitrogens is 3. The third-order valence-electron chi connectivity index (χ3n) is 3.90. The maximum Gasteiger partial charge on any atom is 0.337 e. The Kier molecular flexibility index (Phi) is 4.58. The van der Waals surface area contributed by atoms with Crippen LogP contribution in [0.1, 0.15) is 34.8 Å². The Balaban J connectivity index is 1.61. The van der Waals surface area contributed by atoms with Gasteiger partial charge in [-0.3, -0.25) is 4.90 Å². The van der Waals surface area contributed by atoms with Gasteiger partial charge in [-0.25, -0.2) is 9.48 Å². The van der Waals surface area contributed by atoms with Crippen molar-refractivity contribution in [3.63, 3.8) is 0 Å². The van der Waals surface area contributed by atoms with Crippen molar-refractivity contribution in [1.29, 1.82) is 0 Å². The van der Waals surface area contributed by atoms with Crippen molar-refractivity contribution in [2.75, 3.05) is 14.2 Å². The van der Waals surface area contributed by atoms with Gasteiger partial charge < -0.3 is 9.30 Å². The second kappa shape index (κ2) is 6.64. The van der Waals surface area contributed by atoms with Crippen LogP contribution in [0.4, 0.5) is 0 Å². The average molecular weight is 332 g/mol. The second-order valence-corrected chi connectivity index (χ2v) is 6.26. The van der Waals surface area contributed by atoms with Gasteiger partial charge >= 0.3 is 5.97 Å². The molecule has 1 fully saturated rings. The molecule has 0 amide bonds. The lowest BCUT2D eigenvalue weighted by Gasteiger charge is -2.16. The molecule has 0 atom stereocenters. The zero-order chi connectivity index (χ0) is 16.4. The fraction of sp³-hybridized carbons (Fsp3) is 0.438. The van der Waals surface area contributed by atoms with Gasteiger partial charge in [0.1, 0.15) is 6.33 Å². The van der Waals surface area contributed by atoms with Crippen molar-refractivity contribution in [3.05, 3.63) is 46.5 Å². The van der Waals surface area contributed by atoms with E-state index in [2.05, 4.69) is 14.6 Å². The highest BCUT2D eigenvalue weighted by atomic mass is 32.1. The van der Waals surface area contributed by atoms with Gasteiger partial charge in [-0.15, -0.1) is 0 Å². The first-order valence-electron chi connectivity index (χ1n) is 7.58. The summed E-state index contributed by atoms with van der Waals surface area (Å²) in [7, 11) is 3.40. The molecule has 1 aromatic carbocycles. The van der Waals surface area contributed by atoms with E-state index in [1.54, 1.807) is 12.1 Å². The van der Waals surface area contributed by atoms with Crippen molar-refractivity contribution in [2.45, 2.75) is 32.1 Å². The van der Waals surface area contributed by atoms with E-state index in [1.807, 2.05) is 30.2 Å². The molecular weight excluding hydrogens is 312 g/mol. The van der Waals surface area contributed by atoms with Crippen LogP contribution in [0, 0.1) is 4.77 Å². The van der Waals surface area contributed by atoms with Crippen LogP contribution < -0.4 is 0 Å². The molecule has 0 aliphatic heterocycles. The lowest BCUT2D eigenvalue weighted by atomic mass is 10.1. The minimum Gasteiger partial charge on any atom is -0.465 e. The molecule has 2 aromatic rings. The highest BCUT2D eigenvalue weighted by Gasteiger charge is 2.25. The number of benzene rings is 1. The molecule has 1 saturated carbocycles. The number of hydrogen-bond donors (Lipinski definition) is 0. The fourth-order valence-electron chi connectivity index (χ4n) is 2.50. The van der Waals surface area contributed by atoms with Gasteiger partial charge in [0, 0.05) is 12.6 Å². The van der Waals surface area contributed by atoms with Crippen molar-refractivity contribution >= 4 is 18.2 Å². The molecule has 0 saturated heterocycles. The number of nitrogens with zero attached hydrogens (tertiary/aromatic N) is 4. The Morgan fingerprint density at radius 1 is 1.39 bits per heavy atom. The van der Waals surface area contributed by atoms with Crippen LogP contribution in [0.15, 0.2) is 30.6 Å². The SMILES string of the molecule is COC(=O)c1ccc(CN(C)Cn2ncn(C3CC3)c2=S)cc1. The summed E-state index contributed by atoms with van der Waals surface area (Å²) in [5.74, 6) is -0.318. The smallest absolute Gasteiger partial charge is 0.337 e. The largest absolute Gasteiger partial charge is 0.465 e. The summed E-state index contributed by atoms with van der Waals surface area (Å²) in [6.45, 7) is 1.39. The van der Waals surface area contributed by atoms with Gasteiger partial charge in [0.2, 0.25) is 0 Å². The first-order chi connectivity index (χ1) is 11.1. The summed E-state index contributed by atoms with van der Waals surface area (Å²) < 4.78 is 9.40. The third-order valence-corrected chi connectivity index (χ3v) is 4.32. The Labute approximate surface area is 140 Å². The monoisotopic (exact) mass is 332 g/mol. The van der Waals surface area contributed by atoms with Crippen LogP contribution in [0.5, 0.6) is 0 Å².